The van der Waals surface area contributed by atoms with Crippen LogP contribution in [0, 0.1) is 13.8 Å². The number of hydrogen-bond donors (Lipinski definition) is 0. The molecule has 1 aliphatic carbocycles. The number of unbranched alkanes of at least 4 members (excludes halogenated alkanes) is 10. The molecule has 0 N–H and O–H groups in total. The van der Waals surface area contributed by atoms with E-state index in [1.807, 2.05) is 45.3 Å². The Labute approximate surface area is 449 Å². The van der Waals surface area contributed by atoms with Gasteiger partial charge in [-0.05, 0) is 109 Å². The van der Waals surface area contributed by atoms with Crippen LogP contribution in [0.1, 0.15) is 125 Å². The van der Waals surface area contributed by atoms with Crippen molar-refractivity contribution >= 4 is 56.4 Å². The van der Waals surface area contributed by atoms with Crippen molar-refractivity contribution in [3.05, 3.63) is 179 Å². The second-order valence-corrected chi connectivity index (χ2v) is 24.9. The number of aryl methyl sites for hydroxylation is 2. The fraction of sp³-hybridized carbons (Fsp3) is 0.284. The molecule has 11 rings (SSSR count). The van der Waals surface area contributed by atoms with Crippen LogP contribution in [-0.2, 0) is 5.41 Å². The molecular weight excluding hydrogens is 961 g/mol. The molecule has 1 aliphatic rings. The minimum Gasteiger partial charge on any atom is -0.243 e. The zero-order valence-corrected chi connectivity index (χ0v) is 46.2. The van der Waals surface area contributed by atoms with Gasteiger partial charge in [0.2, 0.25) is 0 Å². The van der Waals surface area contributed by atoms with Gasteiger partial charge < -0.3 is 0 Å². The first-order valence-electron chi connectivity index (χ1n) is 27.0. The molecule has 0 unspecified atom stereocenters. The number of rotatable bonds is 21. The zero-order valence-electron chi connectivity index (χ0n) is 42.9. The summed E-state index contributed by atoms with van der Waals surface area (Å²) in [6.07, 6.45) is 18.4. The van der Waals surface area contributed by atoms with Crippen molar-refractivity contribution in [3.8, 4) is 84.5 Å². The Balaban J connectivity index is 0.959. The van der Waals surface area contributed by atoms with Gasteiger partial charge in [0.05, 0.1) is 22.4 Å². The van der Waals surface area contributed by atoms with Gasteiger partial charge in [-0.15, -0.1) is 45.3 Å². The number of thiophene rings is 4. The highest BCUT2D eigenvalue weighted by Gasteiger charge is 2.42. The van der Waals surface area contributed by atoms with E-state index in [1.165, 1.54) is 151 Å². The molecule has 2 nitrogen and oxygen atoms in total. The van der Waals surface area contributed by atoms with Gasteiger partial charge in [0, 0.05) is 66.7 Å². The smallest absolute Gasteiger partial charge is 0.0988 e. The standard InChI is InChI=1S/C67H66N2S4/c1-5-7-9-11-13-21-41-67(42-22-14-12-10-8-6-2)54-43-45(3)27-30-50(54)51-31-29-49(44-55(51)67)56-35-38-61(71-56)62-40-37-58(73-62)53-33-32-52(57-36-39-60(72-57)59-34-28-46(4)70-59)65-66(53)69-64(48-25-19-16-20-26-48)63(68-65)47-23-17-15-18-24-47/h15-20,23-40,43-44H,5-14,21-22,41-42H2,1-4H3. The van der Waals surface area contributed by atoms with E-state index in [0.29, 0.717) is 0 Å². The van der Waals surface area contributed by atoms with E-state index < -0.39 is 0 Å². The van der Waals surface area contributed by atoms with Gasteiger partial charge in [-0.25, -0.2) is 9.97 Å². The first kappa shape index (κ1) is 49.5. The largest absolute Gasteiger partial charge is 0.243 e. The van der Waals surface area contributed by atoms with Crippen molar-refractivity contribution in [1.29, 1.82) is 0 Å². The summed E-state index contributed by atoms with van der Waals surface area (Å²) < 4.78 is 0. The van der Waals surface area contributed by atoms with E-state index in [4.69, 9.17) is 9.97 Å². The summed E-state index contributed by atoms with van der Waals surface area (Å²) in [5.41, 5.74) is 16.9. The maximum atomic E-state index is 5.66. The lowest BCUT2D eigenvalue weighted by atomic mass is 9.70. The summed E-state index contributed by atoms with van der Waals surface area (Å²) in [6, 6.07) is 58.9. The van der Waals surface area contributed by atoms with E-state index in [9.17, 15) is 0 Å². The highest BCUT2D eigenvalue weighted by Crippen LogP contribution is 2.56. The van der Waals surface area contributed by atoms with Crippen LogP contribution in [0.2, 0.25) is 0 Å². The van der Waals surface area contributed by atoms with E-state index in [0.717, 1.165) is 44.7 Å². The molecule has 5 heterocycles. The van der Waals surface area contributed by atoms with Crippen molar-refractivity contribution in [1.82, 2.24) is 9.97 Å². The summed E-state index contributed by atoms with van der Waals surface area (Å²) in [4.78, 5) is 21.5. The van der Waals surface area contributed by atoms with Crippen molar-refractivity contribution in [2.45, 2.75) is 123 Å². The molecule has 0 radical (unpaired) electrons. The molecule has 0 saturated carbocycles. The number of benzene rings is 5. The third kappa shape index (κ3) is 10.3. The first-order chi connectivity index (χ1) is 35.9. The summed E-state index contributed by atoms with van der Waals surface area (Å²) in [5.74, 6) is 0. The van der Waals surface area contributed by atoms with Gasteiger partial charge in [-0.2, -0.15) is 0 Å². The molecule has 0 bridgehead atoms. The second kappa shape index (κ2) is 22.4. The Bertz CT molecular complexity index is 3460. The Kier molecular flexibility index (Phi) is 15.2. The van der Waals surface area contributed by atoms with Crippen LogP contribution >= 0.6 is 45.3 Å². The van der Waals surface area contributed by atoms with Gasteiger partial charge in [0.25, 0.3) is 0 Å². The Hall–Kier alpha value is -5.76. The van der Waals surface area contributed by atoms with Crippen LogP contribution in [-0.4, -0.2) is 9.97 Å². The molecule has 0 amide bonds. The predicted molar refractivity (Wildman–Crippen MR) is 321 cm³/mol. The molecule has 6 heteroatoms. The lowest BCUT2D eigenvalue weighted by Crippen LogP contribution is -2.25. The van der Waals surface area contributed by atoms with Gasteiger partial charge in [-0.3, -0.25) is 0 Å². The second-order valence-electron chi connectivity index (χ2n) is 20.3. The van der Waals surface area contributed by atoms with Gasteiger partial charge in [-0.1, -0.05) is 200 Å². The minimum absolute atomic E-state index is 0.0589. The van der Waals surface area contributed by atoms with Crippen LogP contribution in [0.25, 0.3) is 95.5 Å². The highest BCUT2D eigenvalue weighted by atomic mass is 32.1. The molecule has 10 aromatic rings. The molecular formula is C67H66N2S4. The molecule has 0 atom stereocenters. The van der Waals surface area contributed by atoms with E-state index in [1.54, 1.807) is 11.1 Å². The van der Waals surface area contributed by atoms with Crippen LogP contribution < -0.4 is 0 Å². The molecule has 0 saturated heterocycles. The van der Waals surface area contributed by atoms with Crippen LogP contribution in [0.5, 0.6) is 0 Å². The third-order valence-electron chi connectivity index (χ3n) is 15.2. The normalized spacial score (nSPS) is 12.7. The predicted octanol–water partition coefficient (Wildman–Crippen LogP) is 21.9. The zero-order chi connectivity index (χ0) is 49.7. The number of fused-ring (bicyclic) bond motifs is 4. The van der Waals surface area contributed by atoms with Crippen molar-refractivity contribution < 1.29 is 0 Å². The molecule has 5 aromatic carbocycles. The Morgan fingerprint density at radius 2 is 0.781 bits per heavy atom. The highest BCUT2D eigenvalue weighted by molar-refractivity contribution is 7.25. The van der Waals surface area contributed by atoms with Crippen LogP contribution in [0.3, 0.4) is 0 Å². The van der Waals surface area contributed by atoms with E-state index in [2.05, 4.69) is 185 Å². The van der Waals surface area contributed by atoms with Gasteiger partial charge in [0.1, 0.15) is 0 Å². The van der Waals surface area contributed by atoms with Crippen molar-refractivity contribution in [2.75, 3.05) is 0 Å². The number of aromatic nitrogens is 2. The molecule has 5 aromatic heterocycles. The van der Waals surface area contributed by atoms with E-state index in [-0.39, 0.29) is 5.41 Å². The lowest BCUT2D eigenvalue weighted by molar-refractivity contribution is 0.398. The fourth-order valence-corrected chi connectivity index (χ4v) is 15.5. The summed E-state index contributed by atoms with van der Waals surface area (Å²) >= 11 is 7.47. The maximum absolute atomic E-state index is 5.66. The van der Waals surface area contributed by atoms with Gasteiger partial charge in [0.15, 0.2) is 0 Å². The molecule has 73 heavy (non-hydrogen) atoms. The summed E-state index contributed by atoms with van der Waals surface area (Å²) in [5, 5.41) is 0. The number of hydrogen-bond acceptors (Lipinski definition) is 6. The summed E-state index contributed by atoms with van der Waals surface area (Å²) in [6.45, 7) is 9.12. The van der Waals surface area contributed by atoms with Crippen molar-refractivity contribution in [3.63, 3.8) is 0 Å². The SMILES string of the molecule is CCCCCCCCC1(CCCCCCCC)c2cc(C)ccc2-c2ccc(-c3ccc(-c4ccc(-c5ccc(-c6ccc(-c7ccc(C)s7)s6)c6nc(-c7ccccc7)c(-c7ccccc7)nc56)s4)s3)cc21. The fourth-order valence-electron chi connectivity index (χ4n) is 11.4. The molecule has 0 spiro atoms. The maximum Gasteiger partial charge on any atom is 0.0988 e. The monoisotopic (exact) mass is 1030 g/mol. The first-order valence-corrected chi connectivity index (χ1v) is 30.3. The summed E-state index contributed by atoms with van der Waals surface area (Å²) in [7, 11) is 0. The Morgan fingerprint density at radius 1 is 0.356 bits per heavy atom. The Morgan fingerprint density at radius 3 is 1.30 bits per heavy atom. The molecule has 368 valence electrons. The average molecular weight is 1030 g/mol. The van der Waals surface area contributed by atoms with Crippen molar-refractivity contribution in [2.24, 2.45) is 0 Å². The average Bonchev–Trinajstić information content (AvgIpc) is 4.30. The lowest BCUT2D eigenvalue weighted by Gasteiger charge is -2.33. The molecule has 0 aliphatic heterocycles. The molecule has 0 fully saturated rings. The van der Waals surface area contributed by atoms with E-state index >= 15 is 0 Å². The van der Waals surface area contributed by atoms with Gasteiger partial charge >= 0.3 is 0 Å². The number of nitrogens with zero attached hydrogens (tertiary/aromatic N) is 2. The van der Waals surface area contributed by atoms with Crippen LogP contribution in [0.15, 0.2) is 158 Å². The third-order valence-corrected chi connectivity index (χ3v) is 20.0. The van der Waals surface area contributed by atoms with Crippen LogP contribution in [0.4, 0.5) is 0 Å². The minimum atomic E-state index is 0.0589. The topological polar surface area (TPSA) is 25.8 Å². The quantitative estimate of drug-likeness (QED) is 0.0670.